The number of hydrogen-bond acceptors (Lipinski definition) is 4. The van der Waals surface area contributed by atoms with Crippen LogP contribution in [0, 0.1) is 34.6 Å². The Morgan fingerprint density at radius 1 is 0.696 bits per heavy atom. The van der Waals surface area contributed by atoms with E-state index in [0.29, 0.717) is 11.8 Å². The van der Waals surface area contributed by atoms with Crippen molar-refractivity contribution in [2.45, 2.75) is 34.6 Å². The highest BCUT2D eigenvalue weighted by molar-refractivity contribution is 5.66. The van der Waals surface area contributed by atoms with Gasteiger partial charge in [-0.3, -0.25) is 0 Å². The Labute approximate surface area is 136 Å². The van der Waals surface area contributed by atoms with Crippen molar-refractivity contribution in [2.75, 3.05) is 5.73 Å². The summed E-state index contributed by atoms with van der Waals surface area (Å²) in [5.74, 6) is 1.06. The van der Waals surface area contributed by atoms with Gasteiger partial charge in [0, 0.05) is 16.8 Å². The molecule has 0 saturated carbocycles. The van der Waals surface area contributed by atoms with Crippen LogP contribution in [0.3, 0.4) is 0 Å². The van der Waals surface area contributed by atoms with E-state index in [4.69, 9.17) is 10.2 Å². The molecule has 2 aromatic carbocycles. The van der Waals surface area contributed by atoms with Crippen LogP contribution in [-0.2, 0) is 0 Å². The molecular weight excluding hydrogens is 286 g/mol. The Bertz CT molecular complexity index is 775. The Morgan fingerprint density at radius 2 is 1.09 bits per heavy atom. The molecule has 1 aromatic heterocycles. The van der Waals surface area contributed by atoms with Crippen LogP contribution in [-0.4, -0.2) is 10.2 Å². The number of nitrogen functional groups attached to an aromatic ring is 1. The van der Waals surface area contributed by atoms with Crippen molar-refractivity contribution in [1.82, 2.24) is 10.2 Å². The molecule has 118 valence electrons. The van der Waals surface area contributed by atoms with E-state index in [2.05, 4.69) is 43.1 Å². The molecule has 0 fully saturated rings. The molecule has 0 spiro atoms. The second kappa shape index (κ2) is 5.54. The third-order valence-corrected chi connectivity index (χ3v) is 4.44. The maximum Gasteiger partial charge on any atom is 0.248 e. The molecule has 0 aliphatic heterocycles. The average Bonchev–Trinajstić information content (AvgIpc) is 2.99. The van der Waals surface area contributed by atoms with E-state index in [9.17, 15) is 0 Å². The van der Waals surface area contributed by atoms with E-state index in [1.807, 2.05) is 26.0 Å². The molecule has 0 unspecified atom stereocenters. The van der Waals surface area contributed by atoms with Gasteiger partial charge in [-0.05, 0) is 86.7 Å². The second-order valence-corrected chi connectivity index (χ2v) is 6.17. The summed E-state index contributed by atoms with van der Waals surface area (Å²) in [6.07, 6.45) is 0. The number of aromatic nitrogens is 2. The van der Waals surface area contributed by atoms with E-state index in [0.717, 1.165) is 27.9 Å². The smallest absolute Gasteiger partial charge is 0.248 e. The van der Waals surface area contributed by atoms with Crippen molar-refractivity contribution < 1.29 is 4.42 Å². The standard InChI is InChI=1S/C19H21N3O/c1-10-6-15(7-11(2)14(10)5)18-21-22-19(23-18)16-8-12(3)17(20)13(4)9-16/h6-9H,20H2,1-5H3. The summed E-state index contributed by atoms with van der Waals surface area (Å²) in [6, 6.07) is 8.12. The number of benzene rings is 2. The van der Waals surface area contributed by atoms with Gasteiger partial charge >= 0.3 is 0 Å². The van der Waals surface area contributed by atoms with Crippen molar-refractivity contribution in [3.63, 3.8) is 0 Å². The molecule has 4 nitrogen and oxygen atoms in total. The van der Waals surface area contributed by atoms with Gasteiger partial charge in [0.05, 0.1) is 0 Å². The quantitative estimate of drug-likeness (QED) is 0.706. The zero-order chi connectivity index (χ0) is 16.7. The molecular formula is C19H21N3O. The lowest BCUT2D eigenvalue weighted by Gasteiger charge is -2.07. The van der Waals surface area contributed by atoms with Crippen LogP contribution in [0.25, 0.3) is 22.9 Å². The molecule has 0 aliphatic carbocycles. The first kappa shape index (κ1) is 15.3. The summed E-state index contributed by atoms with van der Waals surface area (Å²) in [5, 5.41) is 8.41. The van der Waals surface area contributed by atoms with Crippen molar-refractivity contribution in [3.05, 3.63) is 52.1 Å². The van der Waals surface area contributed by atoms with Crippen LogP contribution in [0.15, 0.2) is 28.7 Å². The van der Waals surface area contributed by atoms with Gasteiger partial charge in [0.1, 0.15) is 0 Å². The summed E-state index contributed by atoms with van der Waals surface area (Å²) in [6.45, 7) is 10.3. The van der Waals surface area contributed by atoms with E-state index in [-0.39, 0.29) is 0 Å². The van der Waals surface area contributed by atoms with Crippen molar-refractivity contribution in [2.24, 2.45) is 0 Å². The van der Waals surface area contributed by atoms with Crippen LogP contribution < -0.4 is 5.73 Å². The first-order valence-corrected chi connectivity index (χ1v) is 7.65. The lowest BCUT2D eigenvalue weighted by Crippen LogP contribution is -1.94. The Hall–Kier alpha value is -2.62. The topological polar surface area (TPSA) is 64.9 Å². The normalized spacial score (nSPS) is 11.0. The lowest BCUT2D eigenvalue weighted by molar-refractivity contribution is 0.584. The minimum absolute atomic E-state index is 0.516. The van der Waals surface area contributed by atoms with Gasteiger partial charge in [-0.15, -0.1) is 10.2 Å². The summed E-state index contributed by atoms with van der Waals surface area (Å²) in [4.78, 5) is 0. The summed E-state index contributed by atoms with van der Waals surface area (Å²) in [7, 11) is 0. The fourth-order valence-electron chi connectivity index (χ4n) is 2.71. The van der Waals surface area contributed by atoms with E-state index < -0.39 is 0 Å². The maximum absolute atomic E-state index is 6.01. The largest absolute Gasteiger partial charge is 0.416 e. The lowest BCUT2D eigenvalue weighted by atomic mass is 10.0. The van der Waals surface area contributed by atoms with Crippen LogP contribution in [0.1, 0.15) is 27.8 Å². The van der Waals surface area contributed by atoms with E-state index in [1.54, 1.807) is 0 Å². The number of nitrogens with two attached hydrogens (primary N) is 1. The van der Waals surface area contributed by atoms with Crippen molar-refractivity contribution in [1.29, 1.82) is 0 Å². The highest BCUT2D eigenvalue weighted by Gasteiger charge is 2.13. The van der Waals surface area contributed by atoms with Gasteiger partial charge in [0.2, 0.25) is 11.8 Å². The molecule has 23 heavy (non-hydrogen) atoms. The summed E-state index contributed by atoms with van der Waals surface area (Å²) >= 11 is 0. The van der Waals surface area contributed by atoms with Gasteiger partial charge in [-0.2, -0.15) is 0 Å². The zero-order valence-corrected chi connectivity index (χ0v) is 14.2. The molecule has 1 heterocycles. The summed E-state index contributed by atoms with van der Waals surface area (Å²) < 4.78 is 5.89. The third-order valence-electron chi connectivity index (χ3n) is 4.44. The fourth-order valence-corrected chi connectivity index (χ4v) is 2.71. The highest BCUT2D eigenvalue weighted by atomic mass is 16.4. The Morgan fingerprint density at radius 3 is 1.52 bits per heavy atom. The highest BCUT2D eigenvalue weighted by Crippen LogP contribution is 2.29. The third kappa shape index (κ3) is 2.72. The molecule has 4 heteroatoms. The first-order valence-electron chi connectivity index (χ1n) is 7.65. The van der Waals surface area contributed by atoms with E-state index >= 15 is 0 Å². The van der Waals surface area contributed by atoms with Gasteiger partial charge in [-0.25, -0.2) is 0 Å². The number of hydrogen-bond donors (Lipinski definition) is 1. The van der Waals surface area contributed by atoms with Crippen LogP contribution in [0.2, 0.25) is 0 Å². The molecule has 2 N–H and O–H groups in total. The van der Waals surface area contributed by atoms with Gasteiger partial charge in [-0.1, -0.05) is 0 Å². The maximum atomic E-state index is 6.01. The number of anilines is 1. The molecule has 0 bridgehead atoms. The van der Waals surface area contributed by atoms with Crippen LogP contribution >= 0.6 is 0 Å². The van der Waals surface area contributed by atoms with Crippen molar-refractivity contribution in [3.8, 4) is 22.9 Å². The monoisotopic (exact) mass is 307 g/mol. The Kier molecular flexibility index (Phi) is 3.68. The Balaban J connectivity index is 2.04. The molecule has 0 saturated heterocycles. The van der Waals surface area contributed by atoms with Gasteiger partial charge in [0.25, 0.3) is 0 Å². The van der Waals surface area contributed by atoms with Crippen LogP contribution in [0.5, 0.6) is 0 Å². The molecule has 0 radical (unpaired) electrons. The minimum atomic E-state index is 0.516. The fraction of sp³-hybridized carbons (Fsp3) is 0.263. The second-order valence-electron chi connectivity index (χ2n) is 6.17. The van der Waals surface area contributed by atoms with Crippen LogP contribution in [0.4, 0.5) is 5.69 Å². The SMILES string of the molecule is Cc1cc(-c2nnc(-c3cc(C)c(N)c(C)c3)o2)cc(C)c1C. The molecule has 0 amide bonds. The predicted octanol–water partition coefficient (Wildman–Crippen LogP) is 4.53. The number of aryl methyl sites for hydroxylation is 4. The van der Waals surface area contributed by atoms with Crippen molar-refractivity contribution >= 4 is 5.69 Å². The first-order chi connectivity index (χ1) is 10.9. The van der Waals surface area contributed by atoms with Gasteiger partial charge < -0.3 is 10.2 Å². The molecule has 0 atom stereocenters. The molecule has 3 rings (SSSR count). The zero-order valence-electron chi connectivity index (χ0n) is 14.2. The van der Waals surface area contributed by atoms with Gasteiger partial charge in [0.15, 0.2) is 0 Å². The minimum Gasteiger partial charge on any atom is -0.416 e. The summed E-state index contributed by atoms with van der Waals surface area (Å²) in [5.41, 5.74) is 14.4. The predicted molar refractivity (Wildman–Crippen MR) is 93.3 cm³/mol. The average molecular weight is 307 g/mol. The number of nitrogens with zero attached hydrogens (tertiary/aromatic N) is 2. The number of rotatable bonds is 2. The van der Waals surface area contributed by atoms with E-state index in [1.165, 1.54) is 16.7 Å². The molecule has 0 aliphatic rings. The molecule has 3 aromatic rings.